The number of aromatic amines is 1. The molecule has 1 heterocycles. The number of amides is 1. The van der Waals surface area contributed by atoms with Gasteiger partial charge in [0.1, 0.15) is 5.69 Å². The molecular weight excluding hydrogens is 328 g/mol. The van der Waals surface area contributed by atoms with Gasteiger partial charge in [-0.1, -0.05) is 24.3 Å². The summed E-state index contributed by atoms with van der Waals surface area (Å²) in [7, 11) is 0. The molecule has 21 heavy (non-hydrogen) atoms. The summed E-state index contributed by atoms with van der Waals surface area (Å²) in [5.41, 5.74) is 4.52. The Hall–Kier alpha value is -2.07. The van der Waals surface area contributed by atoms with Gasteiger partial charge in [-0.25, -0.2) is 0 Å². The minimum atomic E-state index is -0.140. The minimum Gasteiger partial charge on any atom is -0.351 e. The van der Waals surface area contributed by atoms with Crippen molar-refractivity contribution in [1.82, 2.24) is 4.98 Å². The number of aryl methyl sites for hydroxylation is 2. The summed E-state index contributed by atoms with van der Waals surface area (Å²) < 4.78 is 0.893. The van der Waals surface area contributed by atoms with Crippen LogP contribution < -0.4 is 5.32 Å². The van der Waals surface area contributed by atoms with Crippen LogP contribution in [0.3, 0.4) is 0 Å². The van der Waals surface area contributed by atoms with E-state index < -0.39 is 0 Å². The van der Waals surface area contributed by atoms with Crippen LogP contribution in [0.15, 0.2) is 46.9 Å². The summed E-state index contributed by atoms with van der Waals surface area (Å²) in [5, 5.41) is 4.00. The van der Waals surface area contributed by atoms with E-state index in [2.05, 4.69) is 26.2 Å². The zero-order valence-electron chi connectivity index (χ0n) is 11.8. The Kier molecular flexibility index (Phi) is 3.55. The number of H-pyrrole nitrogens is 1. The summed E-state index contributed by atoms with van der Waals surface area (Å²) in [4.78, 5) is 15.5. The number of nitrogens with one attached hydrogen (secondary N) is 2. The first-order valence-electron chi connectivity index (χ1n) is 6.70. The Balaban J connectivity index is 1.93. The second-order valence-corrected chi connectivity index (χ2v) is 6.02. The summed E-state index contributed by atoms with van der Waals surface area (Å²) in [5.74, 6) is -0.140. The van der Waals surface area contributed by atoms with Gasteiger partial charge < -0.3 is 10.3 Å². The number of para-hydroxylation sites is 1. The highest BCUT2D eigenvalue weighted by atomic mass is 79.9. The lowest BCUT2D eigenvalue weighted by atomic mass is 10.1. The molecule has 1 aromatic heterocycles. The van der Waals surface area contributed by atoms with E-state index in [0.717, 1.165) is 32.2 Å². The van der Waals surface area contributed by atoms with Crippen LogP contribution in [-0.4, -0.2) is 10.9 Å². The highest BCUT2D eigenvalue weighted by Gasteiger charge is 2.13. The lowest BCUT2D eigenvalue weighted by molar-refractivity contribution is 0.102. The molecule has 3 aromatic rings. The molecule has 106 valence electrons. The first-order chi connectivity index (χ1) is 10.0. The normalized spacial score (nSPS) is 10.8. The second kappa shape index (κ2) is 5.37. The molecule has 0 aliphatic carbocycles. The average molecular weight is 343 g/mol. The predicted molar refractivity (Wildman–Crippen MR) is 89.9 cm³/mol. The van der Waals surface area contributed by atoms with E-state index in [0.29, 0.717) is 5.69 Å². The topological polar surface area (TPSA) is 44.9 Å². The Morgan fingerprint density at radius 1 is 1.14 bits per heavy atom. The molecule has 0 aliphatic heterocycles. The van der Waals surface area contributed by atoms with Gasteiger partial charge in [0.2, 0.25) is 0 Å². The van der Waals surface area contributed by atoms with Crippen molar-refractivity contribution in [2.24, 2.45) is 0 Å². The van der Waals surface area contributed by atoms with Gasteiger partial charge in [0.15, 0.2) is 0 Å². The van der Waals surface area contributed by atoms with Crippen LogP contribution in [0.5, 0.6) is 0 Å². The minimum absolute atomic E-state index is 0.140. The maximum atomic E-state index is 12.4. The molecule has 2 N–H and O–H groups in total. The van der Waals surface area contributed by atoms with Crippen LogP contribution in [0.4, 0.5) is 5.69 Å². The second-order valence-electron chi connectivity index (χ2n) is 5.16. The van der Waals surface area contributed by atoms with Crippen LogP contribution in [-0.2, 0) is 0 Å². The number of benzene rings is 2. The average Bonchev–Trinajstić information content (AvgIpc) is 2.86. The number of carbonyl (C=O) groups is 1. The molecule has 3 nitrogen and oxygen atoms in total. The number of anilines is 1. The molecule has 2 aromatic carbocycles. The van der Waals surface area contributed by atoms with Gasteiger partial charge in [-0.2, -0.15) is 0 Å². The van der Waals surface area contributed by atoms with E-state index in [1.807, 2.05) is 56.3 Å². The zero-order chi connectivity index (χ0) is 15.0. The van der Waals surface area contributed by atoms with Crippen LogP contribution in [0.1, 0.15) is 21.6 Å². The molecule has 1 amide bonds. The third kappa shape index (κ3) is 2.72. The Morgan fingerprint density at radius 2 is 1.90 bits per heavy atom. The molecule has 0 aliphatic rings. The van der Waals surface area contributed by atoms with Crippen molar-refractivity contribution in [2.45, 2.75) is 13.8 Å². The molecule has 0 saturated carbocycles. The van der Waals surface area contributed by atoms with Crippen molar-refractivity contribution in [2.75, 3.05) is 5.32 Å². The van der Waals surface area contributed by atoms with Gasteiger partial charge in [-0.3, -0.25) is 4.79 Å². The molecular formula is C17H15BrN2O. The third-order valence-electron chi connectivity index (χ3n) is 3.44. The van der Waals surface area contributed by atoms with Gasteiger partial charge in [0.05, 0.1) is 5.69 Å². The van der Waals surface area contributed by atoms with Crippen LogP contribution in [0.25, 0.3) is 10.9 Å². The molecule has 0 fully saturated rings. The van der Waals surface area contributed by atoms with Crippen LogP contribution in [0.2, 0.25) is 0 Å². The first kappa shape index (κ1) is 13.9. The molecule has 3 rings (SSSR count). The summed E-state index contributed by atoms with van der Waals surface area (Å²) in [6.07, 6.45) is 0. The van der Waals surface area contributed by atoms with Crippen molar-refractivity contribution in [3.05, 3.63) is 63.8 Å². The molecule has 0 radical (unpaired) electrons. The number of rotatable bonds is 2. The van der Waals surface area contributed by atoms with Crippen molar-refractivity contribution in [3.8, 4) is 0 Å². The monoisotopic (exact) mass is 342 g/mol. The Bertz CT molecular complexity index is 780. The first-order valence-corrected chi connectivity index (χ1v) is 7.50. The number of fused-ring (bicyclic) bond motifs is 1. The highest BCUT2D eigenvalue weighted by molar-refractivity contribution is 9.10. The molecule has 0 unspecified atom stereocenters. The van der Waals surface area contributed by atoms with E-state index in [-0.39, 0.29) is 5.91 Å². The summed E-state index contributed by atoms with van der Waals surface area (Å²) in [6, 6.07) is 13.7. The van der Waals surface area contributed by atoms with Crippen LogP contribution >= 0.6 is 15.9 Å². The van der Waals surface area contributed by atoms with Gasteiger partial charge >= 0.3 is 0 Å². The van der Waals surface area contributed by atoms with Gasteiger partial charge in [0, 0.05) is 15.4 Å². The molecule has 0 saturated heterocycles. The molecule has 0 spiro atoms. The quantitative estimate of drug-likeness (QED) is 0.690. The fourth-order valence-electron chi connectivity index (χ4n) is 2.45. The Morgan fingerprint density at radius 3 is 2.62 bits per heavy atom. The largest absolute Gasteiger partial charge is 0.351 e. The van der Waals surface area contributed by atoms with Crippen LogP contribution in [0, 0.1) is 13.8 Å². The lowest BCUT2D eigenvalue weighted by Gasteiger charge is -2.11. The number of aromatic nitrogens is 1. The SMILES string of the molecule is Cc1cc(C)c(NC(=O)c2cc3ccccc3[nH]2)c(Br)c1. The zero-order valence-corrected chi connectivity index (χ0v) is 13.4. The Labute approximate surface area is 131 Å². The standard InChI is InChI=1S/C17H15BrN2O/c1-10-7-11(2)16(13(18)8-10)20-17(21)15-9-12-5-3-4-6-14(12)19-15/h3-9,19H,1-2H3,(H,20,21). The van der Waals surface area contributed by atoms with Crippen molar-refractivity contribution >= 4 is 38.4 Å². The fourth-order valence-corrected chi connectivity index (χ4v) is 3.22. The number of hydrogen-bond acceptors (Lipinski definition) is 1. The maximum Gasteiger partial charge on any atom is 0.272 e. The predicted octanol–water partition coefficient (Wildman–Crippen LogP) is 4.80. The molecule has 0 atom stereocenters. The number of carbonyl (C=O) groups excluding carboxylic acids is 1. The van der Waals surface area contributed by atoms with Gasteiger partial charge in [-0.15, -0.1) is 0 Å². The van der Waals surface area contributed by atoms with Crippen molar-refractivity contribution in [3.63, 3.8) is 0 Å². The van der Waals surface area contributed by atoms with E-state index in [9.17, 15) is 4.79 Å². The van der Waals surface area contributed by atoms with E-state index in [1.165, 1.54) is 0 Å². The number of hydrogen-bond donors (Lipinski definition) is 2. The van der Waals surface area contributed by atoms with E-state index >= 15 is 0 Å². The van der Waals surface area contributed by atoms with E-state index in [1.54, 1.807) is 0 Å². The highest BCUT2D eigenvalue weighted by Crippen LogP contribution is 2.28. The summed E-state index contributed by atoms with van der Waals surface area (Å²) in [6.45, 7) is 4.01. The third-order valence-corrected chi connectivity index (χ3v) is 4.07. The van der Waals surface area contributed by atoms with Gasteiger partial charge in [-0.05, 0) is 59.1 Å². The molecule has 0 bridgehead atoms. The smallest absolute Gasteiger partial charge is 0.272 e. The van der Waals surface area contributed by atoms with Crippen molar-refractivity contribution in [1.29, 1.82) is 0 Å². The molecule has 4 heteroatoms. The number of halogens is 1. The summed E-state index contributed by atoms with van der Waals surface area (Å²) >= 11 is 3.51. The van der Waals surface area contributed by atoms with E-state index in [4.69, 9.17) is 0 Å². The van der Waals surface area contributed by atoms with Crippen molar-refractivity contribution < 1.29 is 4.79 Å². The van der Waals surface area contributed by atoms with Gasteiger partial charge in [0.25, 0.3) is 5.91 Å². The fraction of sp³-hybridized carbons (Fsp3) is 0.118. The lowest BCUT2D eigenvalue weighted by Crippen LogP contribution is -2.13. The maximum absolute atomic E-state index is 12.4.